The van der Waals surface area contributed by atoms with E-state index < -0.39 is 0 Å². The van der Waals surface area contributed by atoms with Gasteiger partial charge < -0.3 is 10.4 Å². The van der Waals surface area contributed by atoms with E-state index >= 15 is 0 Å². The zero-order valence-corrected chi connectivity index (χ0v) is 5.51. The summed E-state index contributed by atoms with van der Waals surface area (Å²) in [5.74, 6) is 0.565. The van der Waals surface area contributed by atoms with Crippen molar-refractivity contribution in [3.63, 3.8) is 0 Å². The van der Waals surface area contributed by atoms with Crippen LogP contribution < -0.4 is 5.32 Å². The van der Waals surface area contributed by atoms with Crippen LogP contribution in [0.2, 0.25) is 0 Å². The highest BCUT2D eigenvalue weighted by molar-refractivity contribution is 4.90. The van der Waals surface area contributed by atoms with E-state index in [0.29, 0.717) is 12.0 Å². The molecular weight excluding hydrogens is 114 g/mol. The Morgan fingerprint density at radius 3 is 2.44 bits per heavy atom. The van der Waals surface area contributed by atoms with Gasteiger partial charge in [0.2, 0.25) is 0 Å². The third kappa shape index (κ3) is 0.864. The summed E-state index contributed by atoms with van der Waals surface area (Å²) in [7, 11) is 0. The van der Waals surface area contributed by atoms with Crippen molar-refractivity contribution in [3.05, 3.63) is 0 Å². The molecule has 2 N–H and O–H groups in total. The Morgan fingerprint density at radius 2 is 2.22 bits per heavy atom. The first kappa shape index (κ1) is 5.69. The maximum atomic E-state index is 9.36. The van der Waals surface area contributed by atoms with Crippen LogP contribution in [0.1, 0.15) is 19.3 Å². The normalized spacial score (nSPS) is 49.7. The Kier molecular flexibility index (Phi) is 1.24. The predicted octanol–water partition coefficient (Wildman–Crippen LogP) is 0.119. The molecule has 2 aliphatic heterocycles. The maximum Gasteiger partial charge on any atom is 0.0595 e. The van der Waals surface area contributed by atoms with Crippen molar-refractivity contribution in [1.82, 2.24) is 5.32 Å². The molecule has 2 bridgehead atoms. The van der Waals surface area contributed by atoms with Gasteiger partial charge in [-0.05, 0) is 25.2 Å². The Hall–Kier alpha value is -0.0800. The quantitative estimate of drug-likeness (QED) is 0.484. The van der Waals surface area contributed by atoms with Gasteiger partial charge in [-0.2, -0.15) is 0 Å². The summed E-state index contributed by atoms with van der Waals surface area (Å²) in [4.78, 5) is 0. The van der Waals surface area contributed by atoms with Crippen LogP contribution in [-0.4, -0.2) is 23.8 Å². The lowest BCUT2D eigenvalue weighted by Gasteiger charge is -2.40. The molecule has 3 fully saturated rings. The number of hydrogen-bond donors (Lipinski definition) is 2. The predicted molar refractivity (Wildman–Crippen MR) is 35.1 cm³/mol. The van der Waals surface area contributed by atoms with Crippen LogP contribution in [0, 0.1) is 5.92 Å². The van der Waals surface area contributed by atoms with Crippen molar-refractivity contribution in [2.45, 2.75) is 31.4 Å². The van der Waals surface area contributed by atoms with Gasteiger partial charge >= 0.3 is 0 Å². The SMILES string of the molecule is O[C@@H]1C[C@H]2CC[C@H]1CN2. The fourth-order valence-electron chi connectivity index (χ4n) is 1.95. The molecular formula is C7H13NO. The second kappa shape index (κ2) is 1.96. The minimum atomic E-state index is 0.00463. The van der Waals surface area contributed by atoms with Gasteiger partial charge in [0.1, 0.15) is 0 Å². The summed E-state index contributed by atoms with van der Waals surface area (Å²) in [5.41, 5.74) is 0. The van der Waals surface area contributed by atoms with Gasteiger partial charge in [-0.1, -0.05) is 0 Å². The molecule has 0 aromatic heterocycles. The molecule has 1 saturated carbocycles. The second-order valence-electron chi connectivity index (χ2n) is 3.25. The third-order valence-corrected chi connectivity index (χ3v) is 2.62. The smallest absolute Gasteiger partial charge is 0.0595 e. The van der Waals surface area contributed by atoms with Crippen LogP contribution in [0.5, 0.6) is 0 Å². The summed E-state index contributed by atoms with van der Waals surface area (Å²) in [6.07, 6.45) is 3.51. The fraction of sp³-hybridized carbons (Fsp3) is 1.00. The minimum absolute atomic E-state index is 0.00463. The highest BCUT2D eigenvalue weighted by Crippen LogP contribution is 2.28. The highest BCUT2D eigenvalue weighted by Gasteiger charge is 2.33. The number of fused-ring (bicyclic) bond motifs is 3. The Morgan fingerprint density at radius 1 is 1.33 bits per heavy atom. The van der Waals surface area contributed by atoms with E-state index in [1.165, 1.54) is 12.8 Å². The molecule has 2 saturated heterocycles. The third-order valence-electron chi connectivity index (χ3n) is 2.62. The lowest BCUT2D eigenvalue weighted by molar-refractivity contribution is 0.0228. The first-order valence-electron chi connectivity index (χ1n) is 3.78. The molecule has 2 heteroatoms. The standard InChI is InChI=1S/C7H13NO/c9-7-3-6-2-1-5(7)4-8-6/h5-9H,1-4H2/t5-,6+,7+/m0/s1. The van der Waals surface area contributed by atoms with Crippen molar-refractivity contribution in [1.29, 1.82) is 0 Å². The summed E-state index contributed by atoms with van der Waals surface area (Å²) in [6, 6.07) is 0.630. The van der Waals surface area contributed by atoms with E-state index in [0.717, 1.165) is 13.0 Å². The van der Waals surface area contributed by atoms with Gasteiger partial charge in [0.25, 0.3) is 0 Å². The molecule has 3 rings (SSSR count). The molecule has 9 heavy (non-hydrogen) atoms. The number of rotatable bonds is 0. The van der Waals surface area contributed by atoms with Gasteiger partial charge in [0.05, 0.1) is 6.10 Å². The average Bonchev–Trinajstić information content (AvgIpc) is 1.90. The summed E-state index contributed by atoms with van der Waals surface area (Å²) < 4.78 is 0. The van der Waals surface area contributed by atoms with E-state index in [9.17, 15) is 5.11 Å². The Balaban J connectivity index is 2.06. The molecule has 0 amide bonds. The highest BCUT2D eigenvalue weighted by atomic mass is 16.3. The summed E-state index contributed by atoms with van der Waals surface area (Å²) in [6.45, 7) is 1.05. The topological polar surface area (TPSA) is 32.3 Å². The molecule has 0 radical (unpaired) electrons. The molecule has 0 aromatic carbocycles. The largest absolute Gasteiger partial charge is 0.393 e. The maximum absolute atomic E-state index is 9.36. The van der Waals surface area contributed by atoms with E-state index in [1.54, 1.807) is 0 Å². The summed E-state index contributed by atoms with van der Waals surface area (Å²) >= 11 is 0. The van der Waals surface area contributed by atoms with Crippen molar-refractivity contribution < 1.29 is 5.11 Å². The molecule has 1 aliphatic carbocycles. The molecule has 3 atom stereocenters. The van der Waals surface area contributed by atoms with Crippen molar-refractivity contribution in [2.75, 3.05) is 6.54 Å². The number of nitrogens with one attached hydrogen (secondary N) is 1. The first-order chi connectivity index (χ1) is 4.36. The zero-order valence-electron chi connectivity index (χ0n) is 5.51. The van der Waals surface area contributed by atoms with Crippen molar-refractivity contribution in [2.24, 2.45) is 5.92 Å². The minimum Gasteiger partial charge on any atom is -0.393 e. The lowest BCUT2D eigenvalue weighted by atomic mass is 9.79. The lowest BCUT2D eigenvalue weighted by Crippen LogP contribution is -2.51. The number of aliphatic hydroxyl groups is 1. The molecule has 2 heterocycles. The van der Waals surface area contributed by atoms with Crippen LogP contribution >= 0.6 is 0 Å². The monoisotopic (exact) mass is 127 g/mol. The molecule has 52 valence electrons. The first-order valence-corrected chi connectivity index (χ1v) is 3.78. The molecule has 0 unspecified atom stereocenters. The Labute approximate surface area is 55.3 Å². The van der Waals surface area contributed by atoms with Gasteiger partial charge in [-0.3, -0.25) is 0 Å². The van der Waals surface area contributed by atoms with Gasteiger partial charge in [-0.25, -0.2) is 0 Å². The second-order valence-corrected chi connectivity index (χ2v) is 3.25. The van der Waals surface area contributed by atoms with Crippen molar-refractivity contribution >= 4 is 0 Å². The Bertz CT molecular complexity index is 107. The molecule has 0 spiro atoms. The average molecular weight is 127 g/mol. The number of piperidine rings is 2. The number of aliphatic hydroxyl groups excluding tert-OH is 1. The summed E-state index contributed by atoms with van der Waals surface area (Å²) in [5, 5.41) is 12.7. The van der Waals surface area contributed by atoms with E-state index in [2.05, 4.69) is 5.32 Å². The van der Waals surface area contributed by atoms with E-state index in [1.807, 2.05) is 0 Å². The van der Waals surface area contributed by atoms with E-state index in [4.69, 9.17) is 0 Å². The van der Waals surface area contributed by atoms with Crippen LogP contribution in [0.4, 0.5) is 0 Å². The molecule has 2 nitrogen and oxygen atoms in total. The fourth-order valence-corrected chi connectivity index (χ4v) is 1.95. The molecule has 3 aliphatic rings. The molecule has 0 aromatic rings. The number of hydrogen-bond acceptors (Lipinski definition) is 2. The van der Waals surface area contributed by atoms with Crippen molar-refractivity contribution in [3.8, 4) is 0 Å². The van der Waals surface area contributed by atoms with Gasteiger partial charge in [-0.15, -0.1) is 0 Å². The van der Waals surface area contributed by atoms with Crippen LogP contribution in [-0.2, 0) is 0 Å². The van der Waals surface area contributed by atoms with E-state index in [-0.39, 0.29) is 6.10 Å². The van der Waals surface area contributed by atoms with Crippen LogP contribution in [0.15, 0.2) is 0 Å². The van der Waals surface area contributed by atoms with Gasteiger partial charge in [0.15, 0.2) is 0 Å². The van der Waals surface area contributed by atoms with Crippen LogP contribution in [0.3, 0.4) is 0 Å². The zero-order chi connectivity index (χ0) is 6.27. The van der Waals surface area contributed by atoms with Gasteiger partial charge in [0, 0.05) is 12.6 Å². The van der Waals surface area contributed by atoms with Crippen LogP contribution in [0.25, 0.3) is 0 Å².